The molecule has 0 saturated carbocycles. The van der Waals surface area contributed by atoms with Crippen LogP contribution < -0.4 is 4.90 Å². The Bertz CT molecular complexity index is 623. The molecule has 4 heterocycles. The van der Waals surface area contributed by atoms with E-state index in [0.29, 0.717) is 6.10 Å². The Hall–Kier alpha value is -1.55. The minimum Gasteiger partial charge on any atom is -0.461 e. The average Bonchev–Trinajstić information content (AvgIpc) is 3.15. The van der Waals surface area contributed by atoms with Gasteiger partial charge in [0.1, 0.15) is 17.2 Å². The third-order valence-electron chi connectivity index (χ3n) is 4.88. The smallest absolute Gasteiger partial charge is 0.139 e. The molecule has 21 heavy (non-hydrogen) atoms. The summed E-state index contributed by atoms with van der Waals surface area (Å²) in [6.45, 7) is 5.09. The first kappa shape index (κ1) is 13.1. The zero-order chi connectivity index (χ0) is 14.2. The van der Waals surface area contributed by atoms with E-state index in [1.165, 1.54) is 25.7 Å². The summed E-state index contributed by atoms with van der Waals surface area (Å²) in [4.78, 5) is 7.01. The molecule has 4 rings (SSSR count). The van der Waals surface area contributed by atoms with E-state index in [0.717, 1.165) is 48.2 Å². The fraction of sp³-hybridized carbons (Fsp3) is 0.588. The number of nitrogens with zero attached hydrogens (tertiary/aromatic N) is 2. The number of aromatic nitrogens is 1. The van der Waals surface area contributed by atoms with Crippen LogP contribution in [0.1, 0.15) is 31.4 Å². The molecule has 2 aliphatic rings. The number of pyridine rings is 1. The summed E-state index contributed by atoms with van der Waals surface area (Å²) in [6.07, 6.45) is 7.26. The molecule has 0 N–H and O–H groups in total. The number of hydrogen-bond acceptors (Lipinski definition) is 4. The second kappa shape index (κ2) is 5.34. The van der Waals surface area contributed by atoms with Gasteiger partial charge in [-0.25, -0.2) is 4.98 Å². The van der Waals surface area contributed by atoms with Crippen molar-refractivity contribution in [1.29, 1.82) is 0 Å². The molecule has 1 unspecified atom stereocenters. The topological polar surface area (TPSA) is 38.5 Å². The van der Waals surface area contributed by atoms with Crippen molar-refractivity contribution in [3.05, 3.63) is 24.1 Å². The highest BCUT2D eigenvalue weighted by Gasteiger charge is 2.30. The van der Waals surface area contributed by atoms with Gasteiger partial charge in [-0.3, -0.25) is 0 Å². The van der Waals surface area contributed by atoms with E-state index in [1.807, 2.05) is 19.2 Å². The quantitative estimate of drug-likeness (QED) is 0.846. The molecular weight excluding hydrogens is 264 g/mol. The average molecular weight is 286 g/mol. The number of ether oxygens (including phenoxy) is 1. The molecule has 4 nitrogen and oxygen atoms in total. The van der Waals surface area contributed by atoms with Crippen LogP contribution in [0.25, 0.3) is 11.0 Å². The summed E-state index contributed by atoms with van der Waals surface area (Å²) >= 11 is 0. The fourth-order valence-corrected chi connectivity index (χ4v) is 3.79. The van der Waals surface area contributed by atoms with Gasteiger partial charge in [0.2, 0.25) is 0 Å². The Kier molecular flexibility index (Phi) is 3.34. The van der Waals surface area contributed by atoms with Crippen LogP contribution in [0.15, 0.2) is 22.7 Å². The molecule has 2 saturated heterocycles. The normalized spacial score (nSPS) is 24.0. The summed E-state index contributed by atoms with van der Waals surface area (Å²) in [5, 5.41) is 1.14. The van der Waals surface area contributed by atoms with Crippen LogP contribution in [0.2, 0.25) is 0 Å². The molecule has 4 heteroatoms. The Morgan fingerprint density at radius 2 is 2.10 bits per heavy atom. The van der Waals surface area contributed by atoms with E-state index in [-0.39, 0.29) is 0 Å². The fourth-order valence-electron chi connectivity index (χ4n) is 3.79. The third-order valence-corrected chi connectivity index (χ3v) is 4.88. The number of hydrogen-bond donors (Lipinski definition) is 0. The lowest BCUT2D eigenvalue weighted by atomic mass is 9.90. The summed E-state index contributed by atoms with van der Waals surface area (Å²) in [5.41, 5.74) is 0.943. The van der Waals surface area contributed by atoms with Gasteiger partial charge in [0.25, 0.3) is 0 Å². The Morgan fingerprint density at radius 3 is 2.86 bits per heavy atom. The van der Waals surface area contributed by atoms with Crippen LogP contribution in [0.3, 0.4) is 0 Å². The molecule has 0 aromatic carbocycles. The molecular formula is C17H22N2O2. The van der Waals surface area contributed by atoms with Crippen LogP contribution in [-0.2, 0) is 4.74 Å². The highest BCUT2D eigenvalue weighted by Crippen LogP contribution is 2.33. The van der Waals surface area contributed by atoms with Crippen molar-refractivity contribution < 1.29 is 9.15 Å². The van der Waals surface area contributed by atoms with E-state index in [1.54, 1.807) is 0 Å². The zero-order valence-corrected chi connectivity index (χ0v) is 12.5. The molecule has 2 aromatic heterocycles. The van der Waals surface area contributed by atoms with Gasteiger partial charge in [0.05, 0.1) is 11.5 Å². The van der Waals surface area contributed by atoms with Gasteiger partial charge in [-0.1, -0.05) is 0 Å². The molecule has 0 spiro atoms. The van der Waals surface area contributed by atoms with Gasteiger partial charge in [-0.15, -0.1) is 0 Å². The summed E-state index contributed by atoms with van der Waals surface area (Å²) in [6, 6.07) is 4.05. The van der Waals surface area contributed by atoms with E-state index in [9.17, 15) is 0 Å². The molecule has 0 radical (unpaired) electrons. The molecule has 0 aliphatic carbocycles. The number of fused-ring (bicyclic) bond motifs is 1. The lowest BCUT2D eigenvalue weighted by Crippen LogP contribution is -2.38. The second-order valence-electron chi connectivity index (χ2n) is 6.28. The summed E-state index contributed by atoms with van der Waals surface area (Å²) in [5.74, 6) is 2.76. The molecule has 0 bridgehead atoms. The Balaban J connectivity index is 1.52. The lowest BCUT2D eigenvalue weighted by molar-refractivity contribution is 0.0531. The van der Waals surface area contributed by atoms with Gasteiger partial charge in [-0.2, -0.15) is 0 Å². The second-order valence-corrected chi connectivity index (χ2v) is 6.28. The third kappa shape index (κ3) is 2.42. The van der Waals surface area contributed by atoms with Crippen molar-refractivity contribution >= 4 is 16.8 Å². The molecule has 2 aromatic rings. The van der Waals surface area contributed by atoms with Crippen molar-refractivity contribution in [3.63, 3.8) is 0 Å². The maximum Gasteiger partial charge on any atom is 0.139 e. The van der Waals surface area contributed by atoms with E-state index >= 15 is 0 Å². The van der Waals surface area contributed by atoms with Crippen LogP contribution in [0.4, 0.5) is 5.82 Å². The van der Waals surface area contributed by atoms with Crippen molar-refractivity contribution in [2.24, 2.45) is 5.92 Å². The first-order valence-corrected chi connectivity index (χ1v) is 8.03. The van der Waals surface area contributed by atoms with Crippen molar-refractivity contribution in [2.45, 2.75) is 38.7 Å². The summed E-state index contributed by atoms with van der Waals surface area (Å²) in [7, 11) is 0. The Labute approximate surface area is 125 Å². The largest absolute Gasteiger partial charge is 0.461 e. The van der Waals surface area contributed by atoms with Gasteiger partial charge in [0.15, 0.2) is 0 Å². The van der Waals surface area contributed by atoms with Gasteiger partial charge < -0.3 is 14.1 Å². The van der Waals surface area contributed by atoms with Crippen molar-refractivity contribution in [3.8, 4) is 0 Å². The van der Waals surface area contributed by atoms with E-state index in [2.05, 4.69) is 16.0 Å². The number of furan rings is 1. The molecule has 1 atom stereocenters. The molecule has 2 aliphatic heterocycles. The van der Waals surface area contributed by atoms with Gasteiger partial charge in [0, 0.05) is 25.9 Å². The zero-order valence-electron chi connectivity index (χ0n) is 12.5. The number of anilines is 1. The van der Waals surface area contributed by atoms with Gasteiger partial charge in [-0.05, 0) is 50.7 Å². The van der Waals surface area contributed by atoms with Crippen molar-refractivity contribution in [2.75, 3.05) is 24.6 Å². The van der Waals surface area contributed by atoms with Crippen molar-refractivity contribution in [1.82, 2.24) is 4.98 Å². The summed E-state index contributed by atoms with van der Waals surface area (Å²) < 4.78 is 11.6. The SMILES string of the molecule is Cc1cc2c(N3CCC(C4CCCO4)CC3)nccc2o1. The maximum atomic E-state index is 5.86. The Morgan fingerprint density at radius 1 is 1.24 bits per heavy atom. The number of aryl methyl sites for hydroxylation is 1. The van der Waals surface area contributed by atoms with Crippen LogP contribution >= 0.6 is 0 Å². The van der Waals surface area contributed by atoms with Crippen LogP contribution in [0.5, 0.6) is 0 Å². The lowest BCUT2D eigenvalue weighted by Gasteiger charge is -2.35. The number of piperidine rings is 1. The monoisotopic (exact) mass is 286 g/mol. The predicted molar refractivity (Wildman–Crippen MR) is 82.7 cm³/mol. The maximum absolute atomic E-state index is 5.86. The highest BCUT2D eigenvalue weighted by molar-refractivity contribution is 5.89. The minimum absolute atomic E-state index is 0.507. The predicted octanol–water partition coefficient (Wildman–Crippen LogP) is 3.53. The minimum atomic E-state index is 0.507. The van der Waals surface area contributed by atoms with E-state index in [4.69, 9.17) is 9.15 Å². The molecule has 2 fully saturated rings. The standard InChI is InChI=1S/C17H22N2O2/c1-12-11-14-16(21-12)4-7-18-17(14)19-8-5-13(6-9-19)15-3-2-10-20-15/h4,7,11,13,15H,2-3,5-6,8-10H2,1H3. The number of rotatable bonds is 2. The van der Waals surface area contributed by atoms with Crippen LogP contribution in [0, 0.1) is 12.8 Å². The van der Waals surface area contributed by atoms with E-state index < -0.39 is 0 Å². The van der Waals surface area contributed by atoms with Gasteiger partial charge >= 0.3 is 0 Å². The first-order chi connectivity index (χ1) is 10.3. The first-order valence-electron chi connectivity index (χ1n) is 8.03. The molecule has 112 valence electrons. The molecule has 0 amide bonds. The highest BCUT2D eigenvalue weighted by atomic mass is 16.5. The van der Waals surface area contributed by atoms with Crippen LogP contribution in [-0.4, -0.2) is 30.8 Å².